The van der Waals surface area contributed by atoms with Crippen molar-refractivity contribution in [3.63, 3.8) is 0 Å². The summed E-state index contributed by atoms with van der Waals surface area (Å²) < 4.78 is 18.5. The first-order chi connectivity index (χ1) is 8.25. The maximum atomic E-state index is 13.3. The molecule has 3 fully saturated rings. The Kier molecular flexibility index (Phi) is 2.50. The Balaban J connectivity index is 1.55. The van der Waals surface area contributed by atoms with Gasteiger partial charge in [-0.3, -0.25) is 0 Å². The van der Waals surface area contributed by atoms with Gasteiger partial charge in [-0.25, -0.2) is 9.18 Å². The fourth-order valence-electron chi connectivity index (χ4n) is 2.56. The highest BCUT2D eigenvalue weighted by Crippen LogP contribution is 2.43. The van der Waals surface area contributed by atoms with Gasteiger partial charge in [0.1, 0.15) is 12.8 Å². The zero-order chi connectivity index (χ0) is 11.8. The van der Waals surface area contributed by atoms with Crippen LogP contribution in [0.1, 0.15) is 12.0 Å². The van der Waals surface area contributed by atoms with Gasteiger partial charge in [0.25, 0.3) is 0 Å². The molecular formula is C13H14FNO2. The summed E-state index contributed by atoms with van der Waals surface area (Å²) in [6, 6.07) is 9.27. The van der Waals surface area contributed by atoms with E-state index < -0.39 is 6.17 Å². The third-order valence-electron chi connectivity index (χ3n) is 3.63. The number of hydrogen-bond acceptors (Lipinski definition) is 2. The molecule has 0 N–H and O–H groups in total. The van der Waals surface area contributed by atoms with Gasteiger partial charge < -0.3 is 9.64 Å². The van der Waals surface area contributed by atoms with Crippen molar-refractivity contribution in [1.82, 2.24) is 4.90 Å². The zero-order valence-corrected chi connectivity index (χ0v) is 9.38. The maximum absolute atomic E-state index is 13.3. The molecule has 4 heteroatoms. The second kappa shape index (κ2) is 4.02. The Hall–Kier alpha value is -1.58. The summed E-state index contributed by atoms with van der Waals surface area (Å²) >= 11 is 0. The molecule has 2 heterocycles. The van der Waals surface area contributed by atoms with E-state index in [2.05, 4.69) is 0 Å². The smallest absolute Gasteiger partial charge is 0.410 e. The van der Waals surface area contributed by atoms with Crippen LogP contribution in [0, 0.1) is 5.92 Å². The van der Waals surface area contributed by atoms with Gasteiger partial charge in [-0.2, -0.15) is 0 Å². The lowest BCUT2D eigenvalue weighted by molar-refractivity contribution is 0.0701. The molecule has 4 rings (SSSR count). The summed E-state index contributed by atoms with van der Waals surface area (Å²) in [5.74, 6) is 0.0456. The minimum absolute atomic E-state index is 0.0456. The third kappa shape index (κ3) is 1.77. The Morgan fingerprint density at radius 1 is 1.41 bits per heavy atom. The van der Waals surface area contributed by atoms with Crippen LogP contribution in [0.15, 0.2) is 30.3 Å². The summed E-state index contributed by atoms with van der Waals surface area (Å²) in [7, 11) is 0. The summed E-state index contributed by atoms with van der Waals surface area (Å²) in [5, 5.41) is 0. The molecule has 0 radical (unpaired) electrons. The number of ether oxygens (including phenoxy) is 1. The molecule has 2 bridgehead atoms. The lowest BCUT2D eigenvalue weighted by Gasteiger charge is -2.29. The van der Waals surface area contributed by atoms with Gasteiger partial charge in [0.2, 0.25) is 0 Å². The van der Waals surface area contributed by atoms with Crippen molar-refractivity contribution in [2.45, 2.75) is 25.2 Å². The number of carbonyl (C=O) groups excluding carboxylic acids is 1. The largest absolute Gasteiger partial charge is 0.445 e. The van der Waals surface area contributed by atoms with E-state index in [1.54, 1.807) is 0 Å². The third-order valence-corrected chi connectivity index (χ3v) is 3.63. The highest BCUT2D eigenvalue weighted by molar-refractivity contribution is 5.69. The Morgan fingerprint density at radius 3 is 2.76 bits per heavy atom. The van der Waals surface area contributed by atoms with Crippen LogP contribution in [0.5, 0.6) is 0 Å². The molecule has 0 spiro atoms. The average molecular weight is 235 g/mol. The molecule has 3 atom stereocenters. The Labute approximate surface area is 99.2 Å². The summed E-state index contributed by atoms with van der Waals surface area (Å²) in [5.41, 5.74) is 0.948. The number of hydrogen-bond donors (Lipinski definition) is 0. The van der Waals surface area contributed by atoms with E-state index in [9.17, 15) is 9.18 Å². The lowest BCUT2D eigenvalue weighted by atomic mass is 9.84. The first kappa shape index (κ1) is 10.6. The molecule has 1 aromatic carbocycles. The van der Waals surface area contributed by atoms with Crippen molar-refractivity contribution in [2.24, 2.45) is 5.92 Å². The average Bonchev–Trinajstić information content (AvgIpc) is 2.95. The van der Waals surface area contributed by atoms with Gasteiger partial charge in [0, 0.05) is 12.5 Å². The number of benzene rings is 1. The highest BCUT2D eigenvalue weighted by atomic mass is 19.1. The van der Waals surface area contributed by atoms with Crippen LogP contribution in [0.2, 0.25) is 0 Å². The summed E-state index contributed by atoms with van der Waals surface area (Å²) in [4.78, 5) is 13.3. The first-order valence-electron chi connectivity index (χ1n) is 5.87. The molecule has 17 heavy (non-hydrogen) atoms. The first-order valence-corrected chi connectivity index (χ1v) is 5.87. The quantitative estimate of drug-likeness (QED) is 0.787. The number of rotatable bonds is 2. The molecule has 3 nitrogen and oxygen atoms in total. The van der Waals surface area contributed by atoms with Crippen LogP contribution in [0.3, 0.4) is 0 Å². The van der Waals surface area contributed by atoms with Crippen molar-refractivity contribution in [3.05, 3.63) is 35.9 Å². The van der Waals surface area contributed by atoms with E-state index >= 15 is 0 Å². The Morgan fingerprint density at radius 2 is 2.18 bits per heavy atom. The second-order valence-corrected chi connectivity index (χ2v) is 4.70. The number of amides is 1. The number of fused-ring (bicyclic) bond motifs is 1. The lowest BCUT2D eigenvalue weighted by Crippen LogP contribution is -2.42. The standard InChI is InChI=1S/C13H14FNO2/c14-12-10-6-11(12)15(7-10)13(16)17-8-9-4-2-1-3-5-9/h1-5,10-12H,6-8H2/t10-,11-,12+/m0/s1. The molecule has 1 aromatic rings. The van der Waals surface area contributed by atoms with Crippen LogP contribution in [-0.2, 0) is 11.3 Å². The van der Waals surface area contributed by atoms with Crippen LogP contribution in [-0.4, -0.2) is 29.8 Å². The second-order valence-electron chi connectivity index (χ2n) is 4.70. The van der Waals surface area contributed by atoms with E-state index in [4.69, 9.17) is 4.74 Å². The van der Waals surface area contributed by atoms with Gasteiger partial charge in [-0.1, -0.05) is 30.3 Å². The summed E-state index contributed by atoms with van der Waals surface area (Å²) in [6.07, 6.45) is -0.428. The van der Waals surface area contributed by atoms with Gasteiger partial charge in [0.15, 0.2) is 0 Å². The molecule has 0 unspecified atom stereocenters. The highest BCUT2D eigenvalue weighted by Gasteiger charge is 2.54. The van der Waals surface area contributed by atoms with E-state index in [1.165, 1.54) is 4.90 Å². The number of alkyl halides is 1. The van der Waals surface area contributed by atoms with Crippen molar-refractivity contribution >= 4 is 6.09 Å². The van der Waals surface area contributed by atoms with E-state index in [0.717, 1.165) is 12.0 Å². The predicted molar refractivity (Wildman–Crippen MR) is 60.1 cm³/mol. The monoisotopic (exact) mass is 235 g/mol. The van der Waals surface area contributed by atoms with E-state index in [1.807, 2.05) is 30.3 Å². The molecule has 1 aliphatic carbocycles. The SMILES string of the molecule is O=C(OCc1ccccc1)N1C[C@@H]2C[C@H]1[C@@H]2F. The number of carbonyl (C=O) groups is 1. The van der Waals surface area contributed by atoms with Crippen molar-refractivity contribution in [1.29, 1.82) is 0 Å². The van der Waals surface area contributed by atoms with E-state index in [0.29, 0.717) is 6.54 Å². The maximum Gasteiger partial charge on any atom is 0.410 e. The van der Waals surface area contributed by atoms with E-state index in [-0.39, 0.29) is 24.7 Å². The molecule has 2 aliphatic heterocycles. The van der Waals surface area contributed by atoms with Crippen molar-refractivity contribution in [2.75, 3.05) is 6.54 Å². The van der Waals surface area contributed by atoms with Crippen LogP contribution >= 0.6 is 0 Å². The molecular weight excluding hydrogens is 221 g/mol. The Bertz CT molecular complexity index is 423. The summed E-state index contributed by atoms with van der Waals surface area (Å²) in [6.45, 7) is 0.768. The minimum Gasteiger partial charge on any atom is -0.445 e. The minimum atomic E-state index is -0.834. The topological polar surface area (TPSA) is 29.5 Å². The fraction of sp³-hybridized carbons (Fsp3) is 0.462. The van der Waals surface area contributed by atoms with Gasteiger partial charge in [0.05, 0.1) is 6.04 Å². The zero-order valence-electron chi connectivity index (χ0n) is 9.38. The van der Waals surface area contributed by atoms with Crippen LogP contribution in [0.4, 0.5) is 9.18 Å². The molecule has 1 saturated carbocycles. The van der Waals surface area contributed by atoms with Crippen LogP contribution < -0.4 is 0 Å². The van der Waals surface area contributed by atoms with Gasteiger partial charge >= 0.3 is 6.09 Å². The van der Waals surface area contributed by atoms with Crippen LogP contribution in [0.25, 0.3) is 0 Å². The molecule has 2 saturated heterocycles. The fourth-order valence-corrected chi connectivity index (χ4v) is 2.56. The number of nitrogens with zero attached hydrogens (tertiary/aromatic N) is 1. The number of halogens is 1. The molecule has 3 aliphatic rings. The van der Waals surface area contributed by atoms with Gasteiger partial charge in [-0.05, 0) is 12.0 Å². The van der Waals surface area contributed by atoms with Crippen molar-refractivity contribution in [3.8, 4) is 0 Å². The molecule has 1 amide bonds. The van der Waals surface area contributed by atoms with Crippen molar-refractivity contribution < 1.29 is 13.9 Å². The molecule has 0 aromatic heterocycles. The van der Waals surface area contributed by atoms with Gasteiger partial charge in [-0.15, -0.1) is 0 Å². The molecule has 90 valence electrons. The normalized spacial score (nSPS) is 29.9. The predicted octanol–water partition coefficient (Wildman–Crippen LogP) is 2.37.